The number of hydrogen-bond acceptors (Lipinski definition) is 4. The van der Waals surface area contributed by atoms with E-state index >= 15 is 0 Å². The average molecular weight is 514 g/mol. The van der Waals surface area contributed by atoms with Gasteiger partial charge >= 0.3 is 0 Å². The molecule has 1 atom stereocenters. The van der Waals surface area contributed by atoms with Crippen molar-refractivity contribution < 1.29 is 4.42 Å². The van der Waals surface area contributed by atoms with Gasteiger partial charge in [0.2, 0.25) is 0 Å². The summed E-state index contributed by atoms with van der Waals surface area (Å²) in [7, 11) is 1.98. The Morgan fingerprint density at radius 2 is 1.93 bits per heavy atom. The first kappa shape index (κ1) is 23.7. The van der Waals surface area contributed by atoms with Gasteiger partial charge in [-0.05, 0) is 65.8 Å². The Morgan fingerprint density at radius 3 is 2.48 bits per heavy atom. The van der Waals surface area contributed by atoms with E-state index in [1.807, 2.05) is 31.6 Å². The highest BCUT2D eigenvalue weighted by Crippen LogP contribution is 2.26. The summed E-state index contributed by atoms with van der Waals surface area (Å²) in [6.07, 6.45) is 2.51. The van der Waals surface area contributed by atoms with Crippen LogP contribution in [-0.4, -0.2) is 46.8 Å². The third-order valence-corrected chi connectivity index (χ3v) is 5.53. The Balaban J connectivity index is 0.00000300. The number of hydrogen-bond donors (Lipinski definition) is 2. The van der Waals surface area contributed by atoms with E-state index in [-0.39, 0.29) is 30.0 Å². The van der Waals surface area contributed by atoms with Crippen molar-refractivity contribution in [2.45, 2.75) is 53.1 Å². The summed E-state index contributed by atoms with van der Waals surface area (Å²) in [5.41, 5.74) is 3.40. The first-order valence-electron chi connectivity index (χ1n) is 10.3. The van der Waals surface area contributed by atoms with Gasteiger partial charge in [0, 0.05) is 31.4 Å². The van der Waals surface area contributed by atoms with E-state index in [2.05, 4.69) is 40.5 Å². The third kappa shape index (κ3) is 5.97. The SMILES string of the molecule is CCNC(=NCc1c(C)nn(C)c1C)NCC(c1ccc(C)o1)N1CCCC1.I. The van der Waals surface area contributed by atoms with E-state index in [1.54, 1.807) is 0 Å². The topological polar surface area (TPSA) is 70.6 Å². The number of rotatable bonds is 7. The van der Waals surface area contributed by atoms with Gasteiger partial charge in [-0.1, -0.05) is 0 Å². The Kier molecular flexibility index (Phi) is 9.01. The van der Waals surface area contributed by atoms with Crippen LogP contribution in [0.1, 0.15) is 54.3 Å². The molecule has 2 aromatic rings. The van der Waals surface area contributed by atoms with Crippen LogP contribution in [0, 0.1) is 20.8 Å². The van der Waals surface area contributed by atoms with Crippen molar-refractivity contribution in [3.8, 4) is 0 Å². The van der Waals surface area contributed by atoms with Crippen molar-refractivity contribution in [3.05, 3.63) is 40.6 Å². The van der Waals surface area contributed by atoms with Crippen molar-refractivity contribution in [1.29, 1.82) is 0 Å². The lowest BCUT2D eigenvalue weighted by Crippen LogP contribution is -2.42. The predicted molar refractivity (Wildman–Crippen MR) is 128 cm³/mol. The van der Waals surface area contributed by atoms with Crippen molar-refractivity contribution in [1.82, 2.24) is 25.3 Å². The van der Waals surface area contributed by atoms with Crippen molar-refractivity contribution in [3.63, 3.8) is 0 Å². The minimum Gasteiger partial charge on any atom is -0.465 e. The molecule has 1 aliphatic rings. The molecule has 0 amide bonds. The fourth-order valence-corrected chi connectivity index (χ4v) is 3.83. The Bertz CT molecular complexity index is 806. The molecule has 2 aromatic heterocycles. The van der Waals surface area contributed by atoms with Gasteiger partial charge < -0.3 is 15.1 Å². The first-order chi connectivity index (χ1) is 13.5. The molecule has 1 aliphatic heterocycles. The summed E-state index contributed by atoms with van der Waals surface area (Å²) in [5.74, 6) is 2.82. The van der Waals surface area contributed by atoms with E-state index in [4.69, 9.17) is 9.41 Å². The minimum absolute atomic E-state index is 0. The fraction of sp³-hybridized carbons (Fsp3) is 0.619. The number of aliphatic imine (C=N–C) groups is 1. The van der Waals surface area contributed by atoms with Gasteiger partial charge in [0.05, 0.1) is 18.3 Å². The van der Waals surface area contributed by atoms with Crippen LogP contribution in [0.15, 0.2) is 21.5 Å². The summed E-state index contributed by atoms with van der Waals surface area (Å²) in [6, 6.07) is 4.37. The minimum atomic E-state index is 0. The van der Waals surface area contributed by atoms with Gasteiger partial charge in [0.1, 0.15) is 11.5 Å². The summed E-state index contributed by atoms with van der Waals surface area (Å²) >= 11 is 0. The standard InChI is InChI=1S/C21H34N6O.HI/c1-6-22-21(23-13-18-16(3)25-26(5)17(18)4)24-14-19(27-11-7-8-12-27)20-10-9-15(2)28-20;/h9-10,19H,6-8,11-14H2,1-5H3,(H2,22,23,24);1H. The van der Waals surface area contributed by atoms with Crippen molar-refractivity contribution in [2.24, 2.45) is 12.0 Å². The fourth-order valence-electron chi connectivity index (χ4n) is 3.83. The highest BCUT2D eigenvalue weighted by atomic mass is 127. The van der Waals surface area contributed by atoms with E-state index < -0.39 is 0 Å². The molecule has 0 radical (unpaired) electrons. The lowest BCUT2D eigenvalue weighted by Gasteiger charge is -2.26. The lowest BCUT2D eigenvalue weighted by molar-refractivity contribution is 0.213. The molecule has 8 heteroatoms. The quantitative estimate of drug-likeness (QED) is 0.337. The van der Waals surface area contributed by atoms with Gasteiger partial charge in [0.25, 0.3) is 0 Å². The zero-order chi connectivity index (χ0) is 20.1. The van der Waals surface area contributed by atoms with Gasteiger partial charge in [0.15, 0.2) is 5.96 Å². The molecular weight excluding hydrogens is 479 g/mol. The van der Waals surface area contributed by atoms with Crippen LogP contribution in [0.25, 0.3) is 0 Å². The number of nitrogens with one attached hydrogen (secondary N) is 2. The predicted octanol–water partition coefficient (Wildman–Crippen LogP) is 3.45. The number of likely N-dealkylation sites (tertiary alicyclic amines) is 1. The summed E-state index contributed by atoms with van der Waals surface area (Å²) < 4.78 is 7.88. The average Bonchev–Trinajstić information content (AvgIpc) is 3.38. The summed E-state index contributed by atoms with van der Waals surface area (Å²) in [6.45, 7) is 12.7. The van der Waals surface area contributed by atoms with Crippen LogP contribution in [0.4, 0.5) is 0 Å². The monoisotopic (exact) mass is 514 g/mol. The molecule has 7 nitrogen and oxygen atoms in total. The van der Waals surface area contributed by atoms with E-state index in [1.165, 1.54) is 18.4 Å². The molecule has 1 saturated heterocycles. The molecule has 0 bridgehead atoms. The Hall–Kier alpha value is -1.55. The maximum atomic E-state index is 5.96. The normalized spacial score (nSPS) is 16.0. The molecule has 0 aliphatic carbocycles. The van der Waals surface area contributed by atoms with E-state index in [0.29, 0.717) is 6.54 Å². The molecule has 1 fully saturated rings. The van der Waals surface area contributed by atoms with Gasteiger partial charge in [-0.25, -0.2) is 4.99 Å². The van der Waals surface area contributed by atoms with E-state index in [9.17, 15) is 0 Å². The lowest BCUT2D eigenvalue weighted by atomic mass is 10.2. The highest BCUT2D eigenvalue weighted by Gasteiger charge is 2.26. The van der Waals surface area contributed by atoms with Gasteiger partial charge in [-0.3, -0.25) is 9.58 Å². The second-order valence-electron chi connectivity index (χ2n) is 7.56. The largest absolute Gasteiger partial charge is 0.465 e. The number of halogens is 1. The first-order valence-corrected chi connectivity index (χ1v) is 10.3. The third-order valence-electron chi connectivity index (χ3n) is 5.53. The molecular formula is C21H35IN6O. The zero-order valence-electron chi connectivity index (χ0n) is 18.3. The van der Waals surface area contributed by atoms with Crippen LogP contribution in [0.2, 0.25) is 0 Å². The molecule has 162 valence electrons. The second-order valence-corrected chi connectivity index (χ2v) is 7.56. The van der Waals surface area contributed by atoms with Crippen LogP contribution in [0.5, 0.6) is 0 Å². The summed E-state index contributed by atoms with van der Waals surface area (Å²) in [4.78, 5) is 7.31. The number of nitrogens with zero attached hydrogens (tertiary/aromatic N) is 4. The van der Waals surface area contributed by atoms with Gasteiger partial charge in [-0.2, -0.15) is 5.10 Å². The molecule has 2 N–H and O–H groups in total. The Morgan fingerprint density at radius 1 is 1.21 bits per heavy atom. The molecule has 1 unspecified atom stereocenters. The smallest absolute Gasteiger partial charge is 0.191 e. The van der Waals surface area contributed by atoms with E-state index in [0.717, 1.165) is 55.0 Å². The number of furan rings is 1. The molecule has 29 heavy (non-hydrogen) atoms. The maximum Gasteiger partial charge on any atom is 0.191 e. The summed E-state index contributed by atoms with van der Waals surface area (Å²) in [5, 5.41) is 11.4. The van der Waals surface area contributed by atoms with Crippen LogP contribution < -0.4 is 10.6 Å². The molecule has 0 saturated carbocycles. The van der Waals surface area contributed by atoms with Crippen LogP contribution in [-0.2, 0) is 13.6 Å². The number of guanidine groups is 1. The van der Waals surface area contributed by atoms with Gasteiger partial charge in [-0.15, -0.1) is 24.0 Å². The highest BCUT2D eigenvalue weighted by molar-refractivity contribution is 14.0. The number of aromatic nitrogens is 2. The van der Waals surface area contributed by atoms with Crippen LogP contribution in [0.3, 0.4) is 0 Å². The number of aryl methyl sites for hydroxylation is 3. The molecule has 0 aromatic carbocycles. The van der Waals surface area contributed by atoms with Crippen molar-refractivity contribution in [2.75, 3.05) is 26.2 Å². The second kappa shape index (κ2) is 11.0. The molecule has 3 heterocycles. The maximum absolute atomic E-state index is 5.96. The zero-order valence-corrected chi connectivity index (χ0v) is 20.6. The van der Waals surface area contributed by atoms with Crippen molar-refractivity contribution >= 4 is 29.9 Å². The Labute approximate surface area is 191 Å². The molecule has 0 spiro atoms. The van der Waals surface area contributed by atoms with Crippen LogP contribution >= 0.6 is 24.0 Å². The molecule has 3 rings (SSSR count).